The van der Waals surface area contributed by atoms with Crippen LogP contribution in [0.15, 0.2) is 0 Å². The van der Waals surface area contributed by atoms with E-state index in [0.717, 1.165) is 0 Å². The third-order valence-corrected chi connectivity index (χ3v) is 1.08. The van der Waals surface area contributed by atoms with Crippen molar-refractivity contribution >= 4 is 11.9 Å². The van der Waals surface area contributed by atoms with Gasteiger partial charge in [-0.05, 0) is 0 Å². The highest BCUT2D eigenvalue weighted by Crippen LogP contribution is 1.87. The van der Waals surface area contributed by atoms with E-state index in [1.807, 2.05) is 0 Å². The predicted octanol–water partition coefficient (Wildman–Crippen LogP) is -0.543. The van der Waals surface area contributed by atoms with E-state index in [-0.39, 0.29) is 31.9 Å². The zero-order valence-electron chi connectivity index (χ0n) is 6.45. The standard InChI is InChI=1S/C6H11NO5/c8-5(1-2-6(9)10)7-3-4-12-11/h11H,1-4H2,(H,7,8)(H,9,10). The minimum atomic E-state index is -1.01. The second kappa shape index (κ2) is 6.56. The molecule has 0 unspecified atom stereocenters. The minimum absolute atomic E-state index is 0.00118. The van der Waals surface area contributed by atoms with E-state index in [1.165, 1.54) is 0 Å². The van der Waals surface area contributed by atoms with Gasteiger partial charge in [-0.2, -0.15) is 0 Å². The number of hydrogen-bond acceptors (Lipinski definition) is 4. The van der Waals surface area contributed by atoms with Crippen molar-refractivity contribution in [3.05, 3.63) is 0 Å². The number of carboxylic acid groups (broad SMARTS) is 1. The van der Waals surface area contributed by atoms with Gasteiger partial charge in [0.05, 0.1) is 13.0 Å². The van der Waals surface area contributed by atoms with Crippen LogP contribution in [0.4, 0.5) is 0 Å². The maximum Gasteiger partial charge on any atom is 0.303 e. The molecule has 0 heterocycles. The van der Waals surface area contributed by atoms with Gasteiger partial charge in [0.1, 0.15) is 0 Å². The summed E-state index contributed by atoms with van der Waals surface area (Å²) in [6, 6.07) is 0. The summed E-state index contributed by atoms with van der Waals surface area (Å²) in [4.78, 5) is 24.4. The van der Waals surface area contributed by atoms with Gasteiger partial charge in [-0.25, -0.2) is 4.89 Å². The van der Waals surface area contributed by atoms with Gasteiger partial charge in [-0.1, -0.05) is 0 Å². The maximum atomic E-state index is 10.7. The highest BCUT2D eigenvalue weighted by molar-refractivity contribution is 5.80. The summed E-state index contributed by atoms with van der Waals surface area (Å²) in [6.45, 7) is 0.174. The van der Waals surface area contributed by atoms with Crippen molar-refractivity contribution in [2.45, 2.75) is 12.8 Å². The molecule has 0 saturated carbocycles. The molecule has 0 aromatic heterocycles. The second-order valence-corrected chi connectivity index (χ2v) is 2.08. The smallest absolute Gasteiger partial charge is 0.303 e. The van der Waals surface area contributed by atoms with E-state index in [9.17, 15) is 9.59 Å². The monoisotopic (exact) mass is 177 g/mol. The van der Waals surface area contributed by atoms with Gasteiger partial charge in [0.25, 0.3) is 0 Å². The molecule has 6 heteroatoms. The molecule has 0 aliphatic heterocycles. The SMILES string of the molecule is O=C(O)CCC(=O)NCCOO. The summed E-state index contributed by atoms with van der Waals surface area (Å²) in [5.74, 6) is -1.38. The Hall–Kier alpha value is -1.14. The Bertz CT molecular complexity index is 158. The third-order valence-electron chi connectivity index (χ3n) is 1.08. The van der Waals surface area contributed by atoms with Crippen molar-refractivity contribution in [2.24, 2.45) is 0 Å². The lowest BCUT2D eigenvalue weighted by atomic mass is 10.3. The van der Waals surface area contributed by atoms with Crippen LogP contribution in [0.3, 0.4) is 0 Å². The molecule has 0 rings (SSSR count). The number of carbonyl (C=O) groups is 2. The molecule has 0 aliphatic carbocycles. The number of hydrogen-bond donors (Lipinski definition) is 3. The van der Waals surface area contributed by atoms with Crippen molar-refractivity contribution < 1.29 is 24.8 Å². The van der Waals surface area contributed by atoms with Gasteiger partial charge in [-0.15, -0.1) is 0 Å². The van der Waals surface area contributed by atoms with Crippen molar-refractivity contribution in [3.8, 4) is 0 Å². The Kier molecular flexibility index (Phi) is 5.94. The predicted molar refractivity (Wildman–Crippen MR) is 38.5 cm³/mol. The maximum absolute atomic E-state index is 10.7. The molecule has 70 valence electrons. The first-order valence-corrected chi connectivity index (χ1v) is 3.41. The first-order chi connectivity index (χ1) is 5.66. The lowest BCUT2D eigenvalue weighted by Gasteiger charge is -2.00. The van der Waals surface area contributed by atoms with E-state index in [2.05, 4.69) is 10.2 Å². The molecule has 0 spiro atoms. The van der Waals surface area contributed by atoms with Crippen molar-refractivity contribution in [3.63, 3.8) is 0 Å². The van der Waals surface area contributed by atoms with Crippen LogP contribution in [0, 0.1) is 0 Å². The topological polar surface area (TPSA) is 95.9 Å². The van der Waals surface area contributed by atoms with Crippen molar-refractivity contribution in [1.29, 1.82) is 0 Å². The van der Waals surface area contributed by atoms with Crippen LogP contribution in [0.25, 0.3) is 0 Å². The van der Waals surface area contributed by atoms with Crippen LogP contribution in [0.2, 0.25) is 0 Å². The van der Waals surface area contributed by atoms with E-state index in [4.69, 9.17) is 10.4 Å². The summed E-state index contributed by atoms with van der Waals surface area (Å²) in [7, 11) is 0. The fraction of sp³-hybridized carbons (Fsp3) is 0.667. The minimum Gasteiger partial charge on any atom is -0.481 e. The van der Waals surface area contributed by atoms with E-state index in [0.29, 0.717) is 0 Å². The first-order valence-electron chi connectivity index (χ1n) is 3.41. The number of carboxylic acids is 1. The Morgan fingerprint density at radius 1 is 1.33 bits per heavy atom. The van der Waals surface area contributed by atoms with Crippen LogP contribution >= 0.6 is 0 Å². The number of aliphatic carboxylic acids is 1. The second-order valence-electron chi connectivity index (χ2n) is 2.08. The quantitative estimate of drug-likeness (QED) is 0.287. The van der Waals surface area contributed by atoms with Crippen LogP contribution in [-0.4, -0.2) is 35.4 Å². The van der Waals surface area contributed by atoms with Crippen molar-refractivity contribution in [2.75, 3.05) is 13.2 Å². The number of nitrogens with one attached hydrogen (secondary N) is 1. The molecule has 0 saturated heterocycles. The zero-order chi connectivity index (χ0) is 9.40. The fourth-order valence-corrected chi connectivity index (χ4v) is 0.545. The van der Waals surface area contributed by atoms with E-state index < -0.39 is 5.97 Å². The summed E-state index contributed by atoms with van der Waals surface area (Å²) >= 11 is 0. The van der Waals surface area contributed by atoms with Gasteiger partial charge in [0.15, 0.2) is 0 Å². The van der Waals surface area contributed by atoms with E-state index in [1.54, 1.807) is 0 Å². The van der Waals surface area contributed by atoms with Crippen LogP contribution in [0.5, 0.6) is 0 Å². The van der Waals surface area contributed by atoms with E-state index >= 15 is 0 Å². The Morgan fingerprint density at radius 3 is 2.50 bits per heavy atom. The lowest BCUT2D eigenvalue weighted by molar-refractivity contribution is -0.240. The van der Waals surface area contributed by atoms with Crippen molar-refractivity contribution in [1.82, 2.24) is 5.32 Å². The fourth-order valence-electron chi connectivity index (χ4n) is 0.545. The first kappa shape index (κ1) is 10.9. The third kappa shape index (κ3) is 6.97. The Morgan fingerprint density at radius 2 is 2.00 bits per heavy atom. The van der Waals surface area contributed by atoms with Gasteiger partial charge < -0.3 is 10.4 Å². The highest BCUT2D eigenvalue weighted by atomic mass is 17.1. The van der Waals surface area contributed by atoms with Gasteiger partial charge in [0.2, 0.25) is 5.91 Å². The molecule has 0 aromatic carbocycles. The molecule has 0 radical (unpaired) electrons. The Balaban J connectivity index is 3.28. The molecule has 0 atom stereocenters. The van der Waals surface area contributed by atoms with Gasteiger partial charge in [-0.3, -0.25) is 14.8 Å². The molecule has 0 aromatic rings. The largest absolute Gasteiger partial charge is 0.481 e. The van der Waals surface area contributed by atoms with Crippen LogP contribution < -0.4 is 5.32 Å². The van der Waals surface area contributed by atoms with Gasteiger partial charge in [0, 0.05) is 13.0 Å². The molecule has 0 aliphatic rings. The average molecular weight is 177 g/mol. The molecule has 1 amide bonds. The Labute approximate surface area is 69.1 Å². The number of carbonyl (C=O) groups excluding carboxylic acids is 1. The highest BCUT2D eigenvalue weighted by Gasteiger charge is 2.03. The molecular weight excluding hydrogens is 166 g/mol. The van der Waals surface area contributed by atoms with Crippen LogP contribution in [-0.2, 0) is 14.5 Å². The summed E-state index contributed by atoms with van der Waals surface area (Å²) < 4.78 is 0. The molecule has 6 nitrogen and oxygen atoms in total. The molecule has 12 heavy (non-hydrogen) atoms. The summed E-state index contributed by atoms with van der Waals surface area (Å²) in [6.07, 6.45) is -0.243. The molecule has 0 fully saturated rings. The van der Waals surface area contributed by atoms with Crippen LogP contribution in [0.1, 0.15) is 12.8 Å². The summed E-state index contributed by atoms with van der Waals surface area (Å²) in [5.41, 5.74) is 0. The molecule has 0 bridgehead atoms. The van der Waals surface area contributed by atoms with Gasteiger partial charge >= 0.3 is 5.97 Å². The lowest BCUT2D eigenvalue weighted by Crippen LogP contribution is -2.27. The molecular formula is C6H11NO5. The average Bonchev–Trinajstić information content (AvgIpc) is 2.01. The normalized spacial score (nSPS) is 9.42. The zero-order valence-corrected chi connectivity index (χ0v) is 6.45. The molecule has 3 N–H and O–H groups in total. The number of amides is 1. The summed E-state index contributed by atoms with van der Waals surface area (Å²) in [5, 5.41) is 18.4. The number of rotatable bonds is 6.